The van der Waals surface area contributed by atoms with E-state index in [0.29, 0.717) is 22.8 Å². The summed E-state index contributed by atoms with van der Waals surface area (Å²) in [4.78, 5) is 12.6. The molecule has 4 nitrogen and oxygen atoms in total. The Balaban J connectivity index is 2.27. The summed E-state index contributed by atoms with van der Waals surface area (Å²) in [5, 5.41) is 0. The number of carbonyl (C=O) groups excluding carboxylic acids is 1. The molecule has 0 aliphatic carbocycles. The van der Waals surface area contributed by atoms with Gasteiger partial charge in [-0.15, -0.1) is 11.8 Å². The molecule has 2 aromatic carbocycles. The molecule has 0 aromatic heterocycles. The van der Waals surface area contributed by atoms with Crippen molar-refractivity contribution in [2.75, 3.05) is 6.26 Å². The molecule has 22 heavy (non-hydrogen) atoms. The zero-order valence-electron chi connectivity index (χ0n) is 12.8. The molecule has 0 radical (unpaired) electrons. The van der Waals surface area contributed by atoms with Crippen LogP contribution in [0.4, 0.5) is 0 Å². The second-order valence-electron chi connectivity index (χ2n) is 5.00. The number of nitrogens with two attached hydrogens (primary N) is 1. The molecule has 0 spiro atoms. The van der Waals surface area contributed by atoms with Crippen LogP contribution in [0.15, 0.2) is 47.4 Å². The topological polar surface area (TPSA) is 61.6 Å². The van der Waals surface area contributed by atoms with E-state index in [0.717, 1.165) is 4.90 Å². The van der Waals surface area contributed by atoms with Gasteiger partial charge in [0.25, 0.3) is 0 Å². The van der Waals surface area contributed by atoms with E-state index in [2.05, 4.69) is 0 Å². The Bertz CT molecular complexity index is 653. The number of primary amides is 1. The average molecular weight is 317 g/mol. The lowest BCUT2D eigenvalue weighted by molar-refractivity contribution is 0.0999. The van der Waals surface area contributed by atoms with Gasteiger partial charge in [-0.2, -0.15) is 0 Å². The van der Waals surface area contributed by atoms with E-state index in [1.807, 2.05) is 44.4 Å². The maximum absolute atomic E-state index is 11.4. The van der Waals surface area contributed by atoms with Gasteiger partial charge < -0.3 is 15.2 Å². The summed E-state index contributed by atoms with van der Waals surface area (Å²) in [6.07, 6.45) is 2.01. The summed E-state index contributed by atoms with van der Waals surface area (Å²) in [5.41, 5.74) is 5.72. The fourth-order valence-electron chi connectivity index (χ4n) is 1.89. The number of carbonyl (C=O) groups is 1. The lowest BCUT2D eigenvalue weighted by Crippen LogP contribution is -2.12. The van der Waals surface area contributed by atoms with Crippen LogP contribution < -0.4 is 15.2 Å². The first-order valence-corrected chi connectivity index (χ1v) is 8.14. The SMILES string of the molecule is CSc1ccc(Oc2cc(OC(C)C)cc(C(N)=O)c2)cc1. The van der Waals surface area contributed by atoms with Crippen molar-refractivity contribution in [3.63, 3.8) is 0 Å². The van der Waals surface area contributed by atoms with Gasteiger partial charge in [0.2, 0.25) is 5.91 Å². The highest BCUT2D eigenvalue weighted by Crippen LogP contribution is 2.29. The monoisotopic (exact) mass is 317 g/mol. The van der Waals surface area contributed by atoms with Crippen LogP contribution in [0.3, 0.4) is 0 Å². The van der Waals surface area contributed by atoms with Gasteiger partial charge in [-0.25, -0.2) is 0 Å². The molecule has 0 saturated heterocycles. The fraction of sp³-hybridized carbons (Fsp3) is 0.235. The van der Waals surface area contributed by atoms with Gasteiger partial charge in [0.1, 0.15) is 17.2 Å². The van der Waals surface area contributed by atoms with Crippen LogP contribution in [-0.4, -0.2) is 18.3 Å². The molecule has 0 unspecified atom stereocenters. The Kier molecular flexibility index (Phi) is 5.33. The van der Waals surface area contributed by atoms with Crippen LogP contribution in [0, 0.1) is 0 Å². The van der Waals surface area contributed by atoms with Gasteiger partial charge in [0, 0.05) is 16.5 Å². The minimum absolute atomic E-state index is 0.00293. The molecule has 0 atom stereocenters. The molecule has 0 bridgehead atoms. The van der Waals surface area contributed by atoms with Gasteiger partial charge in [0.05, 0.1) is 6.10 Å². The highest BCUT2D eigenvalue weighted by atomic mass is 32.2. The zero-order valence-corrected chi connectivity index (χ0v) is 13.6. The first-order chi connectivity index (χ1) is 10.5. The number of rotatable bonds is 6. The van der Waals surface area contributed by atoms with E-state index in [-0.39, 0.29) is 6.10 Å². The molecule has 0 heterocycles. The van der Waals surface area contributed by atoms with Crippen LogP contribution in [0.5, 0.6) is 17.2 Å². The third kappa shape index (κ3) is 4.43. The minimum atomic E-state index is -0.517. The van der Waals surface area contributed by atoms with E-state index in [1.165, 1.54) is 0 Å². The van der Waals surface area contributed by atoms with E-state index in [4.69, 9.17) is 15.2 Å². The second kappa shape index (κ2) is 7.22. The molecule has 0 fully saturated rings. The number of hydrogen-bond donors (Lipinski definition) is 1. The summed E-state index contributed by atoms with van der Waals surface area (Å²) in [7, 11) is 0. The molecular formula is C17H19NO3S. The Morgan fingerprint density at radius 3 is 2.23 bits per heavy atom. The van der Waals surface area contributed by atoms with Crippen LogP contribution in [0.1, 0.15) is 24.2 Å². The maximum atomic E-state index is 11.4. The highest BCUT2D eigenvalue weighted by Gasteiger charge is 2.09. The van der Waals surface area contributed by atoms with Crippen LogP contribution >= 0.6 is 11.8 Å². The van der Waals surface area contributed by atoms with E-state index in [9.17, 15) is 4.79 Å². The molecule has 0 aliphatic heterocycles. The van der Waals surface area contributed by atoms with Gasteiger partial charge in [-0.05, 0) is 56.5 Å². The van der Waals surface area contributed by atoms with E-state index in [1.54, 1.807) is 30.0 Å². The predicted molar refractivity (Wildman–Crippen MR) is 89.0 cm³/mol. The van der Waals surface area contributed by atoms with Crippen molar-refractivity contribution in [2.45, 2.75) is 24.8 Å². The van der Waals surface area contributed by atoms with Crippen molar-refractivity contribution in [1.82, 2.24) is 0 Å². The van der Waals surface area contributed by atoms with Crippen molar-refractivity contribution < 1.29 is 14.3 Å². The fourth-order valence-corrected chi connectivity index (χ4v) is 2.30. The second-order valence-corrected chi connectivity index (χ2v) is 5.88. The van der Waals surface area contributed by atoms with E-state index < -0.39 is 5.91 Å². The number of ether oxygens (including phenoxy) is 2. The van der Waals surface area contributed by atoms with Crippen molar-refractivity contribution in [2.24, 2.45) is 5.73 Å². The van der Waals surface area contributed by atoms with Crippen molar-refractivity contribution >= 4 is 17.7 Å². The lowest BCUT2D eigenvalue weighted by Gasteiger charge is -2.13. The van der Waals surface area contributed by atoms with E-state index >= 15 is 0 Å². The molecule has 2 aromatic rings. The van der Waals surface area contributed by atoms with Gasteiger partial charge in [-0.3, -0.25) is 4.79 Å². The summed E-state index contributed by atoms with van der Waals surface area (Å²) < 4.78 is 11.4. The first kappa shape index (κ1) is 16.2. The molecule has 5 heteroatoms. The molecular weight excluding hydrogens is 298 g/mol. The Morgan fingerprint density at radius 1 is 1.05 bits per heavy atom. The summed E-state index contributed by atoms with van der Waals surface area (Å²) in [6.45, 7) is 3.83. The zero-order chi connectivity index (χ0) is 16.1. The average Bonchev–Trinajstić information content (AvgIpc) is 2.47. The highest BCUT2D eigenvalue weighted by molar-refractivity contribution is 7.98. The van der Waals surface area contributed by atoms with Crippen LogP contribution in [-0.2, 0) is 0 Å². The summed E-state index contributed by atoms with van der Waals surface area (Å²) in [6, 6.07) is 12.7. The van der Waals surface area contributed by atoms with Gasteiger partial charge >= 0.3 is 0 Å². The van der Waals surface area contributed by atoms with Gasteiger partial charge in [-0.1, -0.05) is 0 Å². The van der Waals surface area contributed by atoms with Gasteiger partial charge in [0.15, 0.2) is 0 Å². The third-order valence-electron chi connectivity index (χ3n) is 2.83. The molecule has 2 N–H and O–H groups in total. The molecule has 0 saturated carbocycles. The first-order valence-electron chi connectivity index (χ1n) is 6.91. The predicted octanol–water partition coefficient (Wildman–Crippen LogP) is 4.09. The summed E-state index contributed by atoms with van der Waals surface area (Å²) >= 11 is 1.66. The van der Waals surface area contributed by atoms with Crippen molar-refractivity contribution in [1.29, 1.82) is 0 Å². The Morgan fingerprint density at radius 2 is 1.68 bits per heavy atom. The maximum Gasteiger partial charge on any atom is 0.248 e. The van der Waals surface area contributed by atoms with Crippen LogP contribution in [0.25, 0.3) is 0 Å². The molecule has 0 aliphatic rings. The molecule has 2 rings (SSSR count). The number of hydrogen-bond acceptors (Lipinski definition) is 4. The Labute approximate surface area is 134 Å². The van der Waals surface area contributed by atoms with Crippen molar-refractivity contribution in [3.8, 4) is 17.2 Å². The largest absolute Gasteiger partial charge is 0.491 e. The third-order valence-corrected chi connectivity index (χ3v) is 3.58. The molecule has 116 valence electrons. The number of amides is 1. The number of benzene rings is 2. The summed E-state index contributed by atoms with van der Waals surface area (Å²) in [5.74, 6) is 1.25. The standard InChI is InChI=1S/C17H19NO3S/c1-11(2)20-14-8-12(17(18)19)9-15(10-14)21-13-4-6-16(22-3)7-5-13/h4-11H,1-3H3,(H2,18,19). The van der Waals surface area contributed by atoms with Crippen molar-refractivity contribution in [3.05, 3.63) is 48.0 Å². The minimum Gasteiger partial charge on any atom is -0.491 e. The molecule has 1 amide bonds. The number of thioether (sulfide) groups is 1. The normalized spacial score (nSPS) is 10.5. The van der Waals surface area contributed by atoms with Crippen LogP contribution in [0.2, 0.25) is 0 Å². The smallest absolute Gasteiger partial charge is 0.248 e. The quantitative estimate of drug-likeness (QED) is 0.815. The lowest BCUT2D eigenvalue weighted by atomic mass is 10.2. The Hall–Kier alpha value is -2.14.